The Bertz CT molecular complexity index is 345. The van der Waals surface area contributed by atoms with E-state index < -0.39 is 5.60 Å². The van der Waals surface area contributed by atoms with Gasteiger partial charge < -0.3 is 15.4 Å². The van der Waals surface area contributed by atoms with Gasteiger partial charge in [-0.25, -0.2) is 4.79 Å². The van der Waals surface area contributed by atoms with E-state index in [1.807, 2.05) is 25.7 Å². The normalized spacial score (nSPS) is 29.0. The summed E-state index contributed by atoms with van der Waals surface area (Å²) in [6, 6.07) is 0.237. The van der Waals surface area contributed by atoms with Crippen molar-refractivity contribution in [3.05, 3.63) is 0 Å². The number of likely N-dealkylation sites (tertiary alicyclic amines) is 1. The number of hydrogen-bond donors (Lipinski definition) is 1. The average Bonchev–Trinajstić information content (AvgIpc) is 2.60. The minimum Gasteiger partial charge on any atom is -0.444 e. The van der Waals surface area contributed by atoms with Crippen LogP contribution in [-0.2, 0) is 4.74 Å². The van der Waals surface area contributed by atoms with E-state index in [1.165, 1.54) is 32.1 Å². The molecule has 2 rings (SSSR count). The van der Waals surface area contributed by atoms with Gasteiger partial charge in [0.2, 0.25) is 0 Å². The predicted octanol–water partition coefficient (Wildman–Crippen LogP) is 3.54. The van der Waals surface area contributed by atoms with Gasteiger partial charge in [0.05, 0.1) is 0 Å². The van der Waals surface area contributed by atoms with E-state index in [-0.39, 0.29) is 12.1 Å². The maximum absolute atomic E-state index is 12.2. The van der Waals surface area contributed by atoms with Gasteiger partial charge in [-0.3, -0.25) is 0 Å². The number of carbonyl (C=O) groups is 1. The van der Waals surface area contributed by atoms with Gasteiger partial charge in [-0.05, 0) is 45.4 Å². The Balaban J connectivity index is 1.92. The third kappa shape index (κ3) is 4.87. The first kappa shape index (κ1) is 16.6. The molecule has 1 heterocycles. The first-order valence-corrected chi connectivity index (χ1v) is 8.60. The van der Waals surface area contributed by atoms with Crippen LogP contribution in [0.15, 0.2) is 0 Å². The van der Waals surface area contributed by atoms with Crippen molar-refractivity contribution in [3.8, 4) is 0 Å². The first-order chi connectivity index (χ1) is 9.87. The van der Waals surface area contributed by atoms with Crippen LogP contribution < -0.4 is 5.73 Å². The lowest BCUT2D eigenvalue weighted by Crippen LogP contribution is -2.37. The molecule has 0 aromatic carbocycles. The van der Waals surface area contributed by atoms with E-state index in [4.69, 9.17) is 10.5 Å². The molecule has 2 fully saturated rings. The fraction of sp³-hybridized carbons (Fsp3) is 0.941. The molecule has 4 heteroatoms. The maximum atomic E-state index is 12.2. The van der Waals surface area contributed by atoms with Gasteiger partial charge in [0.25, 0.3) is 0 Å². The highest BCUT2D eigenvalue weighted by Crippen LogP contribution is 2.35. The van der Waals surface area contributed by atoms with E-state index in [0.29, 0.717) is 5.92 Å². The summed E-state index contributed by atoms with van der Waals surface area (Å²) < 4.78 is 5.49. The average molecular weight is 296 g/mol. The highest BCUT2D eigenvalue weighted by Gasteiger charge is 2.33. The van der Waals surface area contributed by atoms with Crippen molar-refractivity contribution in [2.24, 2.45) is 17.6 Å². The summed E-state index contributed by atoms with van der Waals surface area (Å²) in [7, 11) is 0. The van der Waals surface area contributed by atoms with E-state index in [2.05, 4.69) is 0 Å². The summed E-state index contributed by atoms with van der Waals surface area (Å²) in [5, 5.41) is 0. The lowest BCUT2D eigenvalue weighted by Gasteiger charge is -2.33. The molecule has 21 heavy (non-hydrogen) atoms. The molecule has 122 valence electrons. The van der Waals surface area contributed by atoms with Crippen LogP contribution in [0.3, 0.4) is 0 Å². The van der Waals surface area contributed by atoms with Crippen LogP contribution in [0.4, 0.5) is 4.79 Å². The number of amides is 1. The molecule has 0 spiro atoms. The van der Waals surface area contributed by atoms with Crippen molar-refractivity contribution in [1.82, 2.24) is 4.90 Å². The van der Waals surface area contributed by atoms with E-state index in [9.17, 15) is 4.79 Å². The van der Waals surface area contributed by atoms with Crippen molar-refractivity contribution in [2.45, 2.75) is 77.4 Å². The SMILES string of the molecule is CC(C)(C)OC(=O)N1CCC(N)C(C2CCCCC2)CC1. The first-order valence-electron chi connectivity index (χ1n) is 8.60. The van der Waals surface area contributed by atoms with Crippen molar-refractivity contribution in [2.75, 3.05) is 13.1 Å². The molecule has 0 aromatic heterocycles. The van der Waals surface area contributed by atoms with Crippen molar-refractivity contribution < 1.29 is 9.53 Å². The monoisotopic (exact) mass is 296 g/mol. The van der Waals surface area contributed by atoms with Crippen LogP contribution in [0.2, 0.25) is 0 Å². The van der Waals surface area contributed by atoms with Crippen molar-refractivity contribution in [1.29, 1.82) is 0 Å². The van der Waals surface area contributed by atoms with Gasteiger partial charge in [-0.1, -0.05) is 32.1 Å². The molecule has 0 bridgehead atoms. The smallest absolute Gasteiger partial charge is 0.410 e. The fourth-order valence-corrected chi connectivity index (χ4v) is 3.81. The highest BCUT2D eigenvalue weighted by molar-refractivity contribution is 5.68. The van der Waals surface area contributed by atoms with Crippen LogP contribution >= 0.6 is 0 Å². The van der Waals surface area contributed by atoms with E-state index in [1.54, 1.807) is 0 Å². The molecule has 1 amide bonds. The third-order valence-electron chi connectivity index (χ3n) is 4.92. The summed E-state index contributed by atoms with van der Waals surface area (Å²) in [5.74, 6) is 1.35. The predicted molar refractivity (Wildman–Crippen MR) is 85.1 cm³/mol. The van der Waals surface area contributed by atoms with Crippen LogP contribution in [-0.4, -0.2) is 35.7 Å². The van der Waals surface area contributed by atoms with Crippen LogP contribution in [0.25, 0.3) is 0 Å². The Morgan fingerprint density at radius 2 is 1.67 bits per heavy atom. The van der Waals surface area contributed by atoms with Gasteiger partial charge in [-0.15, -0.1) is 0 Å². The molecule has 0 radical (unpaired) electrons. The summed E-state index contributed by atoms with van der Waals surface area (Å²) in [6.07, 6.45) is 8.48. The summed E-state index contributed by atoms with van der Waals surface area (Å²) in [6.45, 7) is 7.28. The molecule has 0 aromatic rings. The maximum Gasteiger partial charge on any atom is 0.410 e. The zero-order valence-electron chi connectivity index (χ0n) is 13.9. The van der Waals surface area contributed by atoms with Crippen molar-refractivity contribution in [3.63, 3.8) is 0 Å². The summed E-state index contributed by atoms with van der Waals surface area (Å²) in [4.78, 5) is 14.1. The fourth-order valence-electron chi connectivity index (χ4n) is 3.81. The zero-order chi connectivity index (χ0) is 15.5. The van der Waals surface area contributed by atoms with Gasteiger partial charge in [0, 0.05) is 19.1 Å². The third-order valence-corrected chi connectivity index (χ3v) is 4.92. The number of nitrogens with zero attached hydrogens (tertiary/aromatic N) is 1. The minimum atomic E-state index is -0.422. The Morgan fingerprint density at radius 1 is 1.05 bits per heavy atom. The molecule has 2 N–H and O–H groups in total. The Labute approximate surface area is 129 Å². The second-order valence-corrected chi connectivity index (χ2v) is 7.77. The molecule has 2 atom stereocenters. The van der Waals surface area contributed by atoms with E-state index in [0.717, 1.165) is 31.8 Å². The minimum absolute atomic E-state index is 0.181. The van der Waals surface area contributed by atoms with Crippen LogP contribution in [0.1, 0.15) is 65.7 Å². The second kappa shape index (κ2) is 6.99. The highest BCUT2D eigenvalue weighted by atomic mass is 16.6. The number of ether oxygens (including phenoxy) is 1. The zero-order valence-corrected chi connectivity index (χ0v) is 13.9. The van der Waals surface area contributed by atoms with Crippen LogP contribution in [0, 0.1) is 11.8 Å². The van der Waals surface area contributed by atoms with Gasteiger partial charge in [0.1, 0.15) is 5.60 Å². The van der Waals surface area contributed by atoms with Gasteiger partial charge in [0.15, 0.2) is 0 Å². The lowest BCUT2D eigenvalue weighted by molar-refractivity contribution is 0.0253. The standard InChI is InChI=1S/C17H32N2O2/c1-17(2,3)21-16(20)19-11-9-14(15(18)10-12-19)13-7-5-4-6-8-13/h13-15H,4-12,18H2,1-3H3. The number of rotatable bonds is 1. The quantitative estimate of drug-likeness (QED) is 0.805. The van der Waals surface area contributed by atoms with Crippen molar-refractivity contribution >= 4 is 6.09 Å². The molecule has 1 saturated carbocycles. The largest absolute Gasteiger partial charge is 0.444 e. The second-order valence-electron chi connectivity index (χ2n) is 7.77. The Morgan fingerprint density at radius 3 is 2.29 bits per heavy atom. The topological polar surface area (TPSA) is 55.6 Å². The van der Waals surface area contributed by atoms with Crippen LogP contribution in [0.5, 0.6) is 0 Å². The van der Waals surface area contributed by atoms with Gasteiger partial charge >= 0.3 is 6.09 Å². The molecular weight excluding hydrogens is 264 g/mol. The summed E-state index contributed by atoms with van der Waals surface area (Å²) in [5.41, 5.74) is 6.00. The molecule has 2 unspecified atom stereocenters. The summed E-state index contributed by atoms with van der Waals surface area (Å²) >= 11 is 0. The molecule has 4 nitrogen and oxygen atoms in total. The molecule has 1 aliphatic heterocycles. The Kier molecular flexibility index (Phi) is 5.53. The molecule has 2 aliphatic rings. The molecular formula is C17H32N2O2. The Hall–Kier alpha value is -0.770. The molecule has 1 aliphatic carbocycles. The van der Waals surface area contributed by atoms with Gasteiger partial charge in [-0.2, -0.15) is 0 Å². The number of hydrogen-bond acceptors (Lipinski definition) is 3. The number of carbonyl (C=O) groups excluding carboxylic acids is 1. The molecule has 1 saturated heterocycles. The van der Waals surface area contributed by atoms with E-state index >= 15 is 0 Å². The number of nitrogens with two attached hydrogens (primary N) is 1. The lowest BCUT2D eigenvalue weighted by atomic mass is 9.75.